The molecule has 3 aromatic carbocycles. The molecule has 0 unspecified atom stereocenters. The van der Waals surface area contributed by atoms with E-state index in [0.717, 1.165) is 16.7 Å². The van der Waals surface area contributed by atoms with E-state index in [1.807, 2.05) is 31.2 Å². The minimum atomic E-state index is -0.502. The van der Waals surface area contributed by atoms with E-state index >= 15 is 0 Å². The van der Waals surface area contributed by atoms with Gasteiger partial charge in [0, 0.05) is 23.5 Å². The van der Waals surface area contributed by atoms with Gasteiger partial charge in [0.25, 0.3) is 17.4 Å². The van der Waals surface area contributed by atoms with Gasteiger partial charge in [-0.25, -0.2) is 4.39 Å². The Kier molecular flexibility index (Phi) is 6.64. The van der Waals surface area contributed by atoms with Crippen molar-refractivity contribution in [1.29, 1.82) is 0 Å². The molecule has 3 N–H and O–H groups in total. The highest BCUT2D eigenvalue weighted by Gasteiger charge is 2.12. The molecule has 1 aromatic heterocycles. The molecule has 0 saturated heterocycles. The van der Waals surface area contributed by atoms with E-state index in [4.69, 9.17) is 0 Å². The summed E-state index contributed by atoms with van der Waals surface area (Å²) in [5.74, 6) is -1.29. The molecule has 34 heavy (non-hydrogen) atoms. The van der Waals surface area contributed by atoms with Crippen LogP contribution in [0.3, 0.4) is 0 Å². The third kappa shape index (κ3) is 5.45. The van der Waals surface area contributed by atoms with Gasteiger partial charge in [0.05, 0.1) is 0 Å². The normalized spacial score (nSPS) is 10.5. The molecule has 0 fully saturated rings. The molecule has 1 heterocycles. The Balaban J connectivity index is 1.40. The standard InChI is InChI=1S/C27H22FN3O3/c1-17-4-2-6-20(14-17)24-13-12-23(27(34)31-24)26(33)29-16-18-5-3-7-22(15-18)30-25(32)19-8-10-21(28)11-9-19/h2-15H,16H2,1H3,(H,29,33)(H,30,32)(H,31,34). The fourth-order valence-corrected chi connectivity index (χ4v) is 3.47. The Morgan fingerprint density at radius 1 is 0.882 bits per heavy atom. The molecule has 0 spiro atoms. The van der Waals surface area contributed by atoms with E-state index in [-0.39, 0.29) is 18.0 Å². The lowest BCUT2D eigenvalue weighted by Crippen LogP contribution is -2.29. The van der Waals surface area contributed by atoms with Crippen LogP contribution in [-0.4, -0.2) is 16.8 Å². The van der Waals surface area contributed by atoms with Crippen LogP contribution in [0.5, 0.6) is 0 Å². The number of rotatable bonds is 6. The molecule has 0 bridgehead atoms. The topological polar surface area (TPSA) is 91.1 Å². The number of hydrogen-bond donors (Lipinski definition) is 3. The maximum atomic E-state index is 13.1. The number of H-pyrrole nitrogens is 1. The Labute approximate surface area is 195 Å². The van der Waals surface area contributed by atoms with Crippen LogP contribution in [0, 0.1) is 12.7 Å². The summed E-state index contributed by atoms with van der Waals surface area (Å²) in [6.45, 7) is 2.13. The molecule has 0 atom stereocenters. The molecule has 4 aromatic rings. The molecule has 7 heteroatoms. The zero-order valence-corrected chi connectivity index (χ0v) is 18.4. The van der Waals surface area contributed by atoms with Gasteiger partial charge in [0.15, 0.2) is 0 Å². The van der Waals surface area contributed by atoms with Gasteiger partial charge in [-0.2, -0.15) is 0 Å². The predicted molar refractivity (Wildman–Crippen MR) is 129 cm³/mol. The minimum Gasteiger partial charge on any atom is -0.348 e. The third-order valence-corrected chi connectivity index (χ3v) is 5.23. The van der Waals surface area contributed by atoms with Gasteiger partial charge in [0.2, 0.25) is 0 Å². The van der Waals surface area contributed by atoms with Crippen LogP contribution < -0.4 is 16.2 Å². The predicted octanol–water partition coefficient (Wildman–Crippen LogP) is 4.67. The molecule has 170 valence electrons. The largest absolute Gasteiger partial charge is 0.348 e. The Hall–Kier alpha value is -4.52. The number of carbonyl (C=O) groups is 2. The highest BCUT2D eigenvalue weighted by atomic mass is 19.1. The van der Waals surface area contributed by atoms with Crippen LogP contribution in [0.25, 0.3) is 11.3 Å². The van der Waals surface area contributed by atoms with Gasteiger partial charge >= 0.3 is 0 Å². The van der Waals surface area contributed by atoms with E-state index < -0.39 is 17.3 Å². The van der Waals surface area contributed by atoms with Crippen LogP contribution in [-0.2, 0) is 6.54 Å². The van der Waals surface area contributed by atoms with Gasteiger partial charge in [-0.1, -0.05) is 35.9 Å². The monoisotopic (exact) mass is 455 g/mol. The molecule has 0 radical (unpaired) electrons. The summed E-state index contributed by atoms with van der Waals surface area (Å²) in [6, 6.07) is 23.1. The number of hydrogen-bond acceptors (Lipinski definition) is 3. The molecule has 0 aliphatic carbocycles. The molecule has 0 aliphatic rings. The second-order valence-electron chi connectivity index (χ2n) is 7.83. The summed E-state index contributed by atoms with van der Waals surface area (Å²) < 4.78 is 13.1. The van der Waals surface area contributed by atoms with E-state index in [2.05, 4.69) is 15.6 Å². The van der Waals surface area contributed by atoms with E-state index in [1.54, 1.807) is 30.3 Å². The summed E-state index contributed by atoms with van der Waals surface area (Å²) in [6.07, 6.45) is 0. The first-order chi connectivity index (χ1) is 16.4. The van der Waals surface area contributed by atoms with E-state index in [9.17, 15) is 18.8 Å². The van der Waals surface area contributed by atoms with Crippen molar-refractivity contribution in [3.8, 4) is 11.3 Å². The second kappa shape index (κ2) is 9.95. The summed E-state index contributed by atoms with van der Waals surface area (Å²) in [4.78, 5) is 40.2. The summed E-state index contributed by atoms with van der Waals surface area (Å²) in [5.41, 5.74) is 3.69. The van der Waals surface area contributed by atoms with Gasteiger partial charge in [-0.05, 0) is 72.6 Å². The molecule has 0 aliphatic heterocycles. The first-order valence-corrected chi connectivity index (χ1v) is 10.6. The van der Waals surface area contributed by atoms with Crippen LogP contribution in [0.4, 0.5) is 10.1 Å². The highest BCUT2D eigenvalue weighted by molar-refractivity contribution is 6.04. The molecule has 2 amide bonds. The maximum absolute atomic E-state index is 13.1. The average Bonchev–Trinajstić information content (AvgIpc) is 2.83. The summed E-state index contributed by atoms with van der Waals surface area (Å²) in [7, 11) is 0. The molecule has 4 rings (SSSR count). The lowest BCUT2D eigenvalue weighted by Gasteiger charge is -2.09. The van der Waals surface area contributed by atoms with Gasteiger partial charge < -0.3 is 15.6 Å². The van der Waals surface area contributed by atoms with Gasteiger partial charge in [0.1, 0.15) is 11.4 Å². The molecular weight excluding hydrogens is 433 g/mol. The van der Waals surface area contributed by atoms with Crippen molar-refractivity contribution in [3.05, 3.63) is 123 Å². The van der Waals surface area contributed by atoms with Gasteiger partial charge in [-0.15, -0.1) is 0 Å². The number of carbonyl (C=O) groups excluding carboxylic acids is 2. The average molecular weight is 455 g/mol. The number of nitrogens with one attached hydrogen (secondary N) is 3. The lowest BCUT2D eigenvalue weighted by molar-refractivity contribution is 0.0948. The highest BCUT2D eigenvalue weighted by Crippen LogP contribution is 2.17. The van der Waals surface area contributed by atoms with Crippen molar-refractivity contribution < 1.29 is 14.0 Å². The number of benzene rings is 3. The Bertz CT molecular complexity index is 1410. The van der Waals surface area contributed by atoms with Crippen molar-refractivity contribution in [2.45, 2.75) is 13.5 Å². The number of aromatic nitrogens is 1. The van der Waals surface area contributed by atoms with Crippen molar-refractivity contribution in [1.82, 2.24) is 10.3 Å². The number of anilines is 1. The fraction of sp³-hybridized carbons (Fsp3) is 0.0741. The van der Waals surface area contributed by atoms with Gasteiger partial charge in [-0.3, -0.25) is 14.4 Å². The first-order valence-electron chi connectivity index (χ1n) is 10.6. The SMILES string of the molecule is Cc1cccc(-c2ccc(C(=O)NCc3cccc(NC(=O)c4ccc(F)cc4)c3)c(=O)[nH]2)c1. The minimum absolute atomic E-state index is 0.0113. The number of aromatic amines is 1. The Morgan fingerprint density at radius 2 is 1.65 bits per heavy atom. The molecule has 6 nitrogen and oxygen atoms in total. The third-order valence-electron chi connectivity index (χ3n) is 5.23. The fourth-order valence-electron chi connectivity index (χ4n) is 3.47. The summed E-state index contributed by atoms with van der Waals surface area (Å²) in [5, 5.41) is 5.47. The Morgan fingerprint density at radius 3 is 2.38 bits per heavy atom. The molecular formula is C27H22FN3O3. The zero-order chi connectivity index (χ0) is 24.1. The van der Waals surface area contributed by atoms with Crippen molar-refractivity contribution in [3.63, 3.8) is 0 Å². The van der Waals surface area contributed by atoms with E-state index in [1.165, 1.54) is 30.3 Å². The molecule has 0 saturated carbocycles. The number of amides is 2. The van der Waals surface area contributed by atoms with Crippen LogP contribution in [0.2, 0.25) is 0 Å². The van der Waals surface area contributed by atoms with Crippen molar-refractivity contribution in [2.24, 2.45) is 0 Å². The number of aryl methyl sites for hydroxylation is 1. The van der Waals surface area contributed by atoms with Crippen molar-refractivity contribution >= 4 is 17.5 Å². The first kappa shape index (κ1) is 22.7. The van der Waals surface area contributed by atoms with Crippen LogP contribution in [0.1, 0.15) is 31.8 Å². The number of pyridine rings is 1. The van der Waals surface area contributed by atoms with Crippen molar-refractivity contribution in [2.75, 3.05) is 5.32 Å². The maximum Gasteiger partial charge on any atom is 0.261 e. The lowest BCUT2D eigenvalue weighted by atomic mass is 10.1. The summed E-state index contributed by atoms with van der Waals surface area (Å²) >= 11 is 0. The van der Waals surface area contributed by atoms with Crippen LogP contribution >= 0.6 is 0 Å². The second-order valence-corrected chi connectivity index (χ2v) is 7.83. The number of halogens is 1. The quantitative estimate of drug-likeness (QED) is 0.395. The smallest absolute Gasteiger partial charge is 0.261 e. The zero-order valence-electron chi connectivity index (χ0n) is 18.4. The van der Waals surface area contributed by atoms with E-state index in [0.29, 0.717) is 16.9 Å². The van der Waals surface area contributed by atoms with Crippen LogP contribution in [0.15, 0.2) is 89.7 Å².